The van der Waals surface area contributed by atoms with Gasteiger partial charge < -0.3 is 10.6 Å². The highest BCUT2D eigenvalue weighted by atomic mass is 35.5. The van der Waals surface area contributed by atoms with Gasteiger partial charge in [0.1, 0.15) is 5.82 Å². The summed E-state index contributed by atoms with van der Waals surface area (Å²) >= 11 is 5.72. The molecule has 1 atom stereocenters. The summed E-state index contributed by atoms with van der Waals surface area (Å²) in [5.74, 6) is 1.49. The van der Waals surface area contributed by atoms with Crippen LogP contribution in [0.2, 0.25) is 5.28 Å². The van der Waals surface area contributed by atoms with Crippen molar-refractivity contribution in [1.29, 1.82) is 0 Å². The zero-order chi connectivity index (χ0) is 9.97. The Labute approximate surface area is 88.1 Å². The fourth-order valence-electron chi connectivity index (χ4n) is 1.74. The molecule has 2 heterocycles. The Kier molecular flexibility index (Phi) is 2.84. The molecule has 0 unspecified atom stereocenters. The molecular formula is C9H13ClN4. The monoisotopic (exact) mass is 212 g/mol. The van der Waals surface area contributed by atoms with Gasteiger partial charge in [0.15, 0.2) is 0 Å². The summed E-state index contributed by atoms with van der Waals surface area (Å²) in [5.41, 5.74) is 5.62. The van der Waals surface area contributed by atoms with Crippen LogP contribution in [0.25, 0.3) is 0 Å². The van der Waals surface area contributed by atoms with Crippen molar-refractivity contribution in [1.82, 2.24) is 9.97 Å². The van der Waals surface area contributed by atoms with Gasteiger partial charge in [-0.2, -0.15) is 0 Å². The van der Waals surface area contributed by atoms with Gasteiger partial charge in [-0.25, -0.2) is 9.97 Å². The normalized spacial score (nSPS) is 21.6. The molecule has 0 bridgehead atoms. The van der Waals surface area contributed by atoms with Crippen LogP contribution < -0.4 is 10.6 Å². The maximum atomic E-state index is 5.72. The van der Waals surface area contributed by atoms with Crippen molar-refractivity contribution in [2.75, 3.05) is 24.5 Å². The maximum Gasteiger partial charge on any atom is 0.224 e. The predicted octanol–water partition coefficient (Wildman–Crippen LogP) is 0.915. The molecule has 76 valence electrons. The van der Waals surface area contributed by atoms with Gasteiger partial charge in [0.2, 0.25) is 5.28 Å². The quantitative estimate of drug-likeness (QED) is 0.741. The van der Waals surface area contributed by atoms with Crippen molar-refractivity contribution in [3.63, 3.8) is 0 Å². The van der Waals surface area contributed by atoms with Gasteiger partial charge in [0.05, 0.1) is 0 Å². The minimum Gasteiger partial charge on any atom is -0.356 e. The minimum absolute atomic E-state index is 0.304. The van der Waals surface area contributed by atoms with E-state index in [1.54, 1.807) is 6.20 Å². The summed E-state index contributed by atoms with van der Waals surface area (Å²) in [5, 5.41) is 0.304. The van der Waals surface area contributed by atoms with Crippen LogP contribution in [0.3, 0.4) is 0 Å². The van der Waals surface area contributed by atoms with Crippen LogP contribution in [0.15, 0.2) is 12.3 Å². The Hall–Kier alpha value is -0.870. The number of anilines is 1. The van der Waals surface area contributed by atoms with Gasteiger partial charge in [0, 0.05) is 19.3 Å². The van der Waals surface area contributed by atoms with Crippen LogP contribution in [0.4, 0.5) is 5.82 Å². The molecule has 0 aromatic carbocycles. The lowest BCUT2D eigenvalue weighted by atomic mass is 10.1. The van der Waals surface area contributed by atoms with Crippen LogP contribution in [0, 0.1) is 5.92 Å². The summed E-state index contributed by atoms with van der Waals surface area (Å²) in [7, 11) is 0. The van der Waals surface area contributed by atoms with E-state index in [1.165, 1.54) is 0 Å². The first-order valence-corrected chi connectivity index (χ1v) is 5.11. The van der Waals surface area contributed by atoms with Gasteiger partial charge >= 0.3 is 0 Å². The molecule has 1 aromatic heterocycles. The van der Waals surface area contributed by atoms with E-state index < -0.39 is 0 Å². The van der Waals surface area contributed by atoms with Gasteiger partial charge in [-0.05, 0) is 36.6 Å². The van der Waals surface area contributed by atoms with Crippen LogP contribution in [-0.4, -0.2) is 29.6 Å². The third kappa shape index (κ3) is 1.96. The van der Waals surface area contributed by atoms with Gasteiger partial charge in [0.25, 0.3) is 0 Å². The Balaban J connectivity index is 2.09. The molecular weight excluding hydrogens is 200 g/mol. The van der Waals surface area contributed by atoms with Crippen molar-refractivity contribution >= 4 is 17.4 Å². The van der Waals surface area contributed by atoms with Crippen LogP contribution in [0.5, 0.6) is 0 Å². The largest absolute Gasteiger partial charge is 0.356 e. The van der Waals surface area contributed by atoms with Crippen LogP contribution >= 0.6 is 11.6 Å². The molecule has 1 aromatic rings. The number of rotatable bonds is 2. The highest BCUT2D eigenvalue weighted by Gasteiger charge is 2.22. The molecule has 2 N–H and O–H groups in total. The highest BCUT2D eigenvalue weighted by molar-refractivity contribution is 6.28. The van der Waals surface area contributed by atoms with E-state index >= 15 is 0 Å². The van der Waals surface area contributed by atoms with E-state index in [-0.39, 0.29) is 0 Å². The standard InChI is InChI=1S/C9H13ClN4/c10-9-12-3-1-8(13-9)14-4-2-7(5-11)6-14/h1,3,7H,2,4-6,11H2/t7-/m0/s1. The molecule has 0 aliphatic carbocycles. The maximum absolute atomic E-state index is 5.72. The first kappa shape index (κ1) is 9.68. The SMILES string of the molecule is NC[C@@H]1CCN(c2ccnc(Cl)n2)C1. The Bertz CT molecular complexity index is 317. The second kappa shape index (κ2) is 4.11. The third-order valence-corrected chi connectivity index (χ3v) is 2.74. The Morgan fingerprint density at radius 1 is 1.64 bits per heavy atom. The lowest BCUT2D eigenvalue weighted by Gasteiger charge is -2.16. The van der Waals surface area contributed by atoms with Gasteiger partial charge in [-0.15, -0.1) is 0 Å². The second-order valence-corrected chi connectivity index (χ2v) is 3.86. The van der Waals surface area contributed by atoms with E-state index in [9.17, 15) is 0 Å². The summed E-state index contributed by atoms with van der Waals surface area (Å²) in [6.45, 7) is 2.73. The van der Waals surface area contributed by atoms with Crippen LogP contribution in [-0.2, 0) is 0 Å². The third-order valence-electron chi connectivity index (χ3n) is 2.55. The number of hydrogen-bond donors (Lipinski definition) is 1. The summed E-state index contributed by atoms with van der Waals surface area (Å²) in [6.07, 6.45) is 2.82. The molecule has 1 aliphatic rings. The fraction of sp³-hybridized carbons (Fsp3) is 0.556. The number of nitrogens with zero attached hydrogens (tertiary/aromatic N) is 3. The van der Waals surface area contributed by atoms with Crippen molar-refractivity contribution < 1.29 is 0 Å². The molecule has 4 nitrogen and oxygen atoms in total. The van der Waals surface area contributed by atoms with Crippen LogP contribution in [0.1, 0.15) is 6.42 Å². The predicted molar refractivity (Wildman–Crippen MR) is 56.4 cm³/mol. The van der Waals surface area contributed by atoms with Gasteiger partial charge in [-0.3, -0.25) is 0 Å². The van der Waals surface area contributed by atoms with Crippen molar-refractivity contribution in [2.45, 2.75) is 6.42 Å². The van der Waals surface area contributed by atoms with E-state index in [4.69, 9.17) is 17.3 Å². The average Bonchev–Trinajstić information content (AvgIpc) is 2.66. The average molecular weight is 213 g/mol. The molecule has 1 aliphatic heterocycles. The second-order valence-electron chi connectivity index (χ2n) is 3.52. The topological polar surface area (TPSA) is 55.0 Å². The Morgan fingerprint density at radius 2 is 2.50 bits per heavy atom. The van der Waals surface area contributed by atoms with E-state index in [0.29, 0.717) is 11.2 Å². The number of nitrogens with two attached hydrogens (primary N) is 1. The first-order valence-electron chi connectivity index (χ1n) is 4.73. The summed E-state index contributed by atoms with van der Waals surface area (Å²) < 4.78 is 0. The lowest BCUT2D eigenvalue weighted by Crippen LogP contribution is -2.23. The van der Waals surface area contributed by atoms with Gasteiger partial charge in [-0.1, -0.05) is 0 Å². The zero-order valence-corrected chi connectivity index (χ0v) is 8.61. The molecule has 0 amide bonds. The molecule has 0 saturated carbocycles. The van der Waals surface area contributed by atoms with Crippen molar-refractivity contribution in [2.24, 2.45) is 11.7 Å². The van der Waals surface area contributed by atoms with Crippen molar-refractivity contribution in [3.8, 4) is 0 Å². The lowest BCUT2D eigenvalue weighted by molar-refractivity contribution is 0.602. The molecule has 14 heavy (non-hydrogen) atoms. The fourth-order valence-corrected chi connectivity index (χ4v) is 1.88. The molecule has 5 heteroatoms. The van der Waals surface area contributed by atoms with E-state index in [0.717, 1.165) is 31.9 Å². The molecule has 2 rings (SSSR count). The van der Waals surface area contributed by atoms with E-state index in [1.807, 2.05) is 6.07 Å². The minimum atomic E-state index is 0.304. The summed E-state index contributed by atoms with van der Waals surface area (Å²) in [6, 6.07) is 1.88. The number of hydrogen-bond acceptors (Lipinski definition) is 4. The van der Waals surface area contributed by atoms with E-state index in [2.05, 4.69) is 14.9 Å². The molecule has 1 saturated heterocycles. The Morgan fingerprint density at radius 3 is 3.14 bits per heavy atom. The molecule has 1 fully saturated rings. The first-order chi connectivity index (χ1) is 6.79. The smallest absolute Gasteiger partial charge is 0.224 e. The number of aromatic nitrogens is 2. The zero-order valence-electron chi connectivity index (χ0n) is 7.86. The molecule has 0 spiro atoms. The van der Waals surface area contributed by atoms with Crippen molar-refractivity contribution in [3.05, 3.63) is 17.5 Å². The number of halogens is 1. The molecule has 0 radical (unpaired) electrons. The summed E-state index contributed by atoms with van der Waals surface area (Å²) in [4.78, 5) is 10.2. The highest BCUT2D eigenvalue weighted by Crippen LogP contribution is 2.21.